The molecule has 0 bridgehead atoms. The number of halogens is 1. The molecule has 0 aliphatic heterocycles. The number of nitrogens with zero attached hydrogens (tertiary/aromatic N) is 2. The number of nitrogens with one attached hydrogen (secondary N) is 1. The predicted molar refractivity (Wildman–Crippen MR) is 62.1 cm³/mol. The molecule has 0 atom stereocenters. The van der Waals surface area contributed by atoms with E-state index in [4.69, 9.17) is 4.74 Å². The zero-order chi connectivity index (χ0) is 10.9. The molecule has 0 spiro atoms. The minimum Gasteiger partial charge on any atom is -0.480 e. The lowest BCUT2D eigenvalue weighted by atomic mass is 10.1. The zero-order valence-electron chi connectivity index (χ0n) is 8.88. The summed E-state index contributed by atoms with van der Waals surface area (Å²) in [6.45, 7) is 3.19. The van der Waals surface area contributed by atoms with Crippen molar-refractivity contribution in [1.82, 2.24) is 9.97 Å². The third-order valence-corrected chi connectivity index (χ3v) is 3.23. The van der Waals surface area contributed by atoms with Gasteiger partial charge < -0.3 is 10.1 Å². The molecule has 1 aliphatic carbocycles. The van der Waals surface area contributed by atoms with Crippen LogP contribution in [0.4, 0.5) is 5.95 Å². The highest BCUT2D eigenvalue weighted by Crippen LogP contribution is 2.44. The standard InChI is InChI=1S/C10H14BrN3O/c1-10(3-4-10)6-13-9-12-5-7(11)8(14-9)15-2/h5H,3-4,6H2,1-2H3,(H,12,13,14). The average Bonchev–Trinajstić information content (AvgIpc) is 2.96. The number of hydrogen-bond acceptors (Lipinski definition) is 4. The Morgan fingerprint density at radius 3 is 2.93 bits per heavy atom. The molecule has 0 radical (unpaired) electrons. The van der Waals surface area contributed by atoms with Crippen LogP contribution < -0.4 is 10.1 Å². The Morgan fingerprint density at radius 2 is 2.33 bits per heavy atom. The Balaban J connectivity index is 2.01. The van der Waals surface area contributed by atoms with E-state index in [1.165, 1.54) is 12.8 Å². The maximum atomic E-state index is 5.10. The van der Waals surface area contributed by atoms with Gasteiger partial charge in [0.2, 0.25) is 11.8 Å². The molecule has 0 unspecified atom stereocenters. The molecule has 1 aliphatic rings. The smallest absolute Gasteiger partial charge is 0.232 e. The molecule has 0 aromatic carbocycles. The van der Waals surface area contributed by atoms with E-state index in [2.05, 4.69) is 38.1 Å². The van der Waals surface area contributed by atoms with Crippen LogP contribution in [0.5, 0.6) is 5.88 Å². The zero-order valence-corrected chi connectivity index (χ0v) is 10.5. The first-order valence-electron chi connectivity index (χ1n) is 4.93. The fraction of sp³-hybridized carbons (Fsp3) is 0.600. The molecule has 1 aromatic heterocycles. The summed E-state index contributed by atoms with van der Waals surface area (Å²) >= 11 is 3.32. The Morgan fingerprint density at radius 1 is 1.60 bits per heavy atom. The summed E-state index contributed by atoms with van der Waals surface area (Å²) in [6, 6.07) is 0. The normalized spacial score (nSPS) is 17.3. The number of rotatable bonds is 4. The predicted octanol–water partition coefficient (Wildman–Crippen LogP) is 2.46. The molecule has 5 heteroatoms. The second kappa shape index (κ2) is 3.96. The van der Waals surface area contributed by atoms with Crippen LogP contribution in [0.25, 0.3) is 0 Å². The van der Waals surface area contributed by atoms with E-state index in [0.29, 0.717) is 17.2 Å². The van der Waals surface area contributed by atoms with Crippen molar-refractivity contribution >= 4 is 21.9 Å². The molecular formula is C10H14BrN3O. The van der Waals surface area contributed by atoms with Crippen LogP contribution in [0.15, 0.2) is 10.7 Å². The van der Waals surface area contributed by atoms with E-state index in [1.54, 1.807) is 13.3 Å². The van der Waals surface area contributed by atoms with Gasteiger partial charge in [-0.3, -0.25) is 0 Å². The van der Waals surface area contributed by atoms with Gasteiger partial charge in [0.25, 0.3) is 0 Å². The van der Waals surface area contributed by atoms with Crippen LogP contribution in [0.3, 0.4) is 0 Å². The van der Waals surface area contributed by atoms with Crippen LogP contribution in [-0.4, -0.2) is 23.6 Å². The average molecular weight is 272 g/mol. The van der Waals surface area contributed by atoms with Crippen molar-refractivity contribution in [2.24, 2.45) is 5.41 Å². The molecule has 1 heterocycles. The van der Waals surface area contributed by atoms with Crippen LogP contribution in [0.2, 0.25) is 0 Å². The number of aromatic nitrogens is 2. The quantitative estimate of drug-likeness (QED) is 0.914. The number of hydrogen-bond donors (Lipinski definition) is 1. The fourth-order valence-electron chi connectivity index (χ4n) is 1.26. The van der Waals surface area contributed by atoms with Gasteiger partial charge in [0.1, 0.15) is 0 Å². The van der Waals surface area contributed by atoms with Crippen LogP contribution in [0.1, 0.15) is 19.8 Å². The Labute approximate surface area is 97.6 Å². The summed E-state index contributed by atoms with van der Waals surface area (Å²) < 4.78 is 5.87. The Hall–Kier alpha value is -0.840. The van der Waals surface area contributed by atoms with Gasteiger partial charge in [-0.1, -0.05) is 6.92 Å². The molecule has 1 N–H and O–H groups in total. The Bertz CT molecular complexity index is 366. The largest absolute Gasteiger partial charge is 0.480 e. The lowest BCUT2D eigenvalue weighted by Gasteiger charge is -2.10. The molecule has 0 saturated heterocycles. The molecule has 1 saturated carbocycles. The van der Waals surface area contributed by atoms with E-state index < -0.39 is 0 Å². The van der Waals surface area contributed by atoms with Crippen molar-refractivity contribution in [3.63, 3.8) is 0 Å². The third kappa shape index (κ3) is 2.59. The maximum Gasteiger partial charge on any atom is 0.232 e. The van der Waals surface area contributed by atoms with Gasteiger partial charge in [0, 0.05) is 6.54 Å². The molecule has 82 valence electrons. The van der Waals surface area contributed by atoms with E-state index in [1.807, 2.05) is 0 Å². The van der Waals surface area contributed by atoms with Gasteiger partial charge in [0.05, 0.1) is 17.8 Å². The second-order valence-corrected chi connectivity index (χ2v) is 5.07. The molecule has 1 fully saturated rings. The van der Waals surface area contributed by atoms with Gasteiger partial charge in [-0.05, 0) is 34.2 Å². The van der Waals surface area contributed by atoms with Gasteiger partial charge in [-0.15, -0.1) is 0 Å². The van der Waals surface area contributed by atoms with Crippen molar-refractivity contribution in [1.29, 1.82) is 0 Å². The van der Waals surface area contributed by atoms with E-state index in [9.17, 15) is 0 Å². The summed E-state index contributed by atoms with van der Waals surface area (Å²) in [5.74, 6) is 1.19. The lowest BCUT2D eigenvalue weighted by Crippen LogP contribution is -2.13. The summed E-state index contributed by atoms with van der Waals surface area (Å²) in [5, 5.41) is 3.23. The van der Waals surface area contributed by atoms with Crippen molar-refractivity contribution < 1.29 is 4.74 Å². The highest BCUT2D eigenvalue weighted by molar-refractivity contribution is 9.10. The first-order chi connectivity index (χ1) is 7.13. The van der Waals surface area contributed by atoms with Crippen LogP contribution in [0, 0.1) is 5.41 Å². The monoisotopic (exact) mass is 271 g/mol. The molecule has 0 amide bonds. The van der Waals surface area contributed by atoms with Crippen LogP contribution >= 0.6 is 15.9 Å². The number of methoxy groups -OCH3 is 1. The Kier molecular flexibility index (Phi) is 2.82. The summed E-state index contributed by atoms with van der Waals surface area (Å²) in [5.41, 5.74) is 0.448. The lowest BCUT2D eigenvalue weighted by molar-refractivity contribution is 0.394. The van der Waals surface area contributed by atoms with E-state index in [-0.39, 0.29) is 0 Å². The minimum absolute atomic E-state index is 0.448. The summed E-state index contributed by atoms with van der Waals surface area (Å²) in [6.07, 6.45) is 4.27. The van der Waals surface area contributed by atoms with E-state index in [0.717, 1.165) is 11.0 Å². The number of anilines is 1. The molecule has 4 nitrogen and oxygen atoms in total. The van der Waals surface area contributed by atoms with Gasteiger partial charge in [0.15, 0.2) is 0 Å². The van der Waals surface area contributed by atoms with Crippen molar-refractivity contribution in [2.75, 3.05) is 19.0 Å². The molecule has 2 rings (SSSR count). The molecular weight excluding hydrogens is 258 g/mol. The molecule has 1 aromatic rings. The minimum atomic E-state index is 0.448. The topological polar surface area (TPSA) is 47.0 Å². The van der Waals surface area contributed by atoms with E-state index >= 15 is 0 Å². The number of ether oxygens (including phenoxy) is 1. The van der Waals surface area contributed by atoms with Gasteiger partial charge in [-0.25, -0.2) is 4.98 Å². The first kappa shape index (κ1) is 10.7. The second-order valence-electron chi connectivity index (χ2n) is 4.22. The third-order valence-electron chi connectivity index (χ3n) is 2.68. The summed E-state index contributed by atoms with van der Waals surface area (Å²) in [7, 11) is 1.60. The van der Waals surface area contributed by atoms with Crippen molar-refractivity contribution in [3.8, 4) is 5.88 Å². The fourth-order valence-corrected chi connectivity index (χ4v) is 1.62. The van der Waals surface area contributed by atoms with Crippen molar-refractivity contribution in [3.05, 3.63) is 10.7 Å². The van der Waals surface area contributed by atoms with Crippen LogP contribution in [-0.2, 0) is 0 Å². The molecule has 15 heavy (non-hydrogen) atoms. The van der Waals surface area contributed by atoms with Gasteiger partial charge >= 0.3 is 0 Å². The SMILES string of the molecule is COc1nc(NCC2(C)CC2)ncc1Br. The van der Waals surface area contributed by atoms with Crippen molar-refractivity contribution in [2.45, 2.75) is 19.8 Å². The summed E-state index contributed by atoms with van der Waals surface area (Å²) in [4.78, 5) is 8.40. The maximum absolute atomic E-state index is 5.10. The van der Waals surface area contributed by atoms with Gasteiger partial charge in [-0.2, -0.15) is 4.98 Å². The first-order valence-corrected chi connectivity index (χ1v) is 5.73. The highest BCUT2D eigenvalue weighted by atomic mass is 79.9. The highest BCUT2D eigenvalue weighted by Gasteiger charge is 2.36.